The molecule has 2 atom stereocenters. The van der Waals surface area contributed by atoms with E-state index < -0.39 is 0 Å². The van der Waals surface area contributed by atoms with Crippen LogP contribution in [-0.4, -0.2) is 23.7 Å². The maximum atomic E-state index is 12.4. The molecule has 1 aromatic rings. The van der Waals surface area contributed by atoms with Crippen molar-refractivity contribution in [2.45, 2.75) is 44.6 Å². The molecule has 4 heteroatoms. The number of nitrogens with one attached hydrogen (secondary N) is 1. The topological polar surface area (TPSA) is 49.3 Å². The summed E-state index contributed by atoms with van der Waals surface area (Å²) in [5.74, 6) is 0.372. The molecule has 110 valence electrons. The predicted octanol–water partition coefficient (Wildman–Crippen LogP) is 2.89. The number of halogens is 1. The van der Waals surface area contributed by atoms with Gasteiger partial charge in [0, 0.05) is 11.6 Å². The fourth-order valence-electron chi connectivity index (χ4n) is 2.64. The number of benzene rings is 1. The SMILES string of the molecule is CC(O)CC(C)CNC(=O)C1(c2ccc(Cl)cc2)CC1. The molecule has 2 N–H and O–H groups in total. The van der Waals surface area contributed by atoms with E-state index in [4.69, 9.17) is 11.6 Å². The summed E-state index contributed by atoms with van der Waals surface area (Å²) in [7, 11) is 0. The summed E-state index contributed by atoms with van der Waals surface area (Å²) < 4.78 is 0. The van der Waals surface area contributed by atoms with E-state index in [2.05, 4.69) is 5.32 Å². The monoisotopic (exact) mass is 295 g/mol. The second kappa shape index (κ2) is 6.15. The number of rotatable bonds is 6. The molecule has 1 amide bonds. The van der Waals surface area contributed by atoms with Crippen LogP contribution >= 0.6 is 11.6 Å². The second-order valence-electron chi connectivity index (χ2n) is 5.99. The summed E-state index contributed by atoms with van der Waals surface area (Å²) >= 11 is 5.89. The van der Waals surface area contributed by atoms with Crippen molar-refractivity contribution in [2.24, 2.45) is 5.92 Å². The van der Waals surface area contributed by atoms with Crippen molar-refractivity contribution in [3.05, 3.63) is 34.9 Å². The molecule has 3 nitrogen and oxygen atoms in total. The number of amides is 1. The summed E-state index contributed by atoms with van der Waals surface area (Å²) in [5, 5.41) is 13.0. The van der Waals surface area contributed by atoms with Gasteiger partial charge in [-0.1, -0.05) is 30.7 Å². The van der Waals surface area contributed by atoms with E-state index in [1.807, 2.05) is 31.2 Å². The molecule has 1 fully saturated rings. The average molecular weight is 296 g/mol. The van der Waals surface area contributed by atoms with E-state index in [0.29, 0.717) is 18.0 Å². The predicted molar refractivity (Wildman–Crippen MR) is 80.8 cm³/mol. The highest BCUT2D eigenvalue weighted by molar-refractivity contribution is 6.30. The Morgan fingerprint density at radius 1 is 1.35 bits per heavy atom. The Kier molecular flexibility index (Phi) is 4.71. The van der Waals surface area contributed by atoms with Gasteiger partial charge < -0.3 is 10.4 Å². The lowest BCUT2D eigenvalue weighted by Gasteiger charge is -2.19. The summed E-state index contributed by atoms with van der Waals surface area (Å²) in [6.07, 6.45) is 2.16. The lowest BCUT2D eigenvalue weighted by molar-refractivity contribution is -0.123. The number of aliphatic hydroxyl groups excluding tert-OH is 1. The van der Waals surface area contributed by atoms with E-state index in [0.717, 1.165) is 18.4 Å². The van der Waals surface area contributed by atoms with Crippen molar-refractivity contribution in [1.29, 1.82) is 0 Å². The molecule has 20 heavy (non-hydrogen) atoms. The van der Waals surface area contributed by atoms with Gasteiger partial charge in [-0.25, -0.2) is 0 Å². The molecular formula is C16H22ClNO2. The van der Waals surface area contributed by atoms with E-state index >= 15 is 0 Å². The Morgan fingerprint density at radius 3 is 2.45 bits per heavy atom. The number of hydrogen-bond acceptors (Lipinski definition) is 2. The lowest BCUT2D eigenvalue weighted by Crippen LogP contribution is -2.37. The van der Waals surface area contributed by atoms with Crippen molar-refractivity contribution in [3.63, 3.8) is 0 Å². The second-order valence-corrected chi connectivity index (χ2v) is 6.43. The van der Waals surface area contributed by atoms with Gasteiger partial charge in [-0.2, -0.15) is 0 Å². The summed E-state index contributed by atoms with van der Waals surface area (Å²) in [4.78, 5) is 12.4. The zero-order valence-corrected chi connectivity index (χ0v) is 12.8. The lowest BCUT2D eigenvalue weighted by atomic mass is 9.94. The average Bonchev–Trinajstić information content (AvgIpc) is 3.17. The van der Waals surface area contributed by atoms with Gasteiger partial charge in [-0.05, 0) is 49.8 Å². The van der Waals surface area contributed by atoms with Crippen LogP contribution in [0.2, 0.25) is 5.02 Å². The van der Waals surface area contributed by atoms with Crippen LogP contribution in [0.5, 0.6) is 0 Å². The van der Waals surface area contributed by atoms with Gasteiger partial charge in [-0.3, -0.25) is 4.79 Å². The third kappa shape index (κ3) is 3.53. The maximum absolute atomic E-state index is 12.4. The highest BCUT2D eigenvalue weighted by Gasteiger charge is 2.51. The summed E-state index contributed by atoms with van der Waals surface area (Å²) in [5.41, 5.74) is 0.692. The Hall–Kier alpha value is -1.06. The van der Waals surface area contributed by atoms with Gasteiger partial charge >= 0.3 is 0 Å². The molecular weight excluding hydrogens is 274 g/mol. The first-order valence-corrected chi connectivity index (χ1v) is 7.54. The van der Waals surface area contributed by atoms with Crippen LogP contribution in [0, 0.1) is 5.92 Å². The van der Waals surface area contributed by atoms with Crippen molar-refractivity contribution in [2.75, 3.05) is 6.54 Å². The molecule has 2 rings (SSSR count). The molecule has 0 spiro atoms. The van der Waals surface area contributed by atoms with Gasteiger partial charge in [0.2, 0.25) is 5.91 Å². The Morgan fingerprint density at radius 2 is 1.95 bits per heavy atom. The van der Waals surface area contributed by atoms with Crippen LogP contribution in [-0.2, 0) is 10.2 Å². The van der Waals surface area contributed by atoms with Gasteiger partial charge in [0.05, 0.1) is 11.5 Å². The smallest absolute Gasteiger partial charge is 0.230 e. The molecule has 0 aromatic heterocycles. The molecule has 1 aliphatic rings. The molecule has 0 saturated heterocycles. The van der Waals surface area contributed by atoms with Gasteiger partial charge in [-0.15, -0.1) is 0 Å². The summed E-state index contributed by atoms with van der Waals surface area (Å²) in [6, 6.07) is 7.54. The number of hydrogen-bond donors (Lipinski definition) is 2. The highest BCUT2D eigenvalue weighted by Crippen LogP contribution is 2.48. The minimum Gasteiger partial charge on any atom is -0.393 e. The summed E-state index contributed by atoms with van der Waals surface area (Å²) in [6.45, 7) is 4.42. The van der Waals surface area contributed by atoms with Gasteiger partial charge in [0.25, 0.3) is 0 Å². The number of aliphatic hydroxyl groups is 1. The highest BCUT2D eigenvalue weighted by atomic mass is 35.5. The molecule has 1 aliphatic carbocycles. The fourth-order valence-corrected chi connectivity index (χ4v) is 2.77. The van der Waals surface area contributed by atoms with Crippen molar-refractivity contribution in [3.8, 4) is 0 Å². The van der Waals surface area contributed by atoms with E-state index in [-0.39, 0.29) is 23.3 Å². The van der Waals surface area contributed by atoms with E-state index in [1.165, 1.54) is 0 Å². The maximum Gasteiger partial charge on any atom is 0.230 e. The minimum atomic E-state index is -0.352. The van der Waals surface area contributed by atoms with E-state index in [1.54, 1.807) is 6.92 Å². The zero-order chi connectivity index (χ0) is 14.8. The Labute approximate surface area is 125 Å². The molecule has 1 saturated carbocycles. The molecule has 0 bridgehead atoms. The quantitative estimate of drug-likeness (QED) is 0.848. The van der Waals surface area contributed by atoms with Gasteiger partial charge in [0.1, 0.15) is 0 Å². The zero-order valence-electron chi connectivity index (χ0n) is 12.0. The fraction of sp³-hybridized carbons (Fsp3) is 0.562. The molecule has 1 aromatic carbocycles. The molecule has 0 radical (unpaired) electrons. The van der Waals surface area contributed by atoms with Crippen molar-refractivity contribution >= 4 is 17.5 Å². The first-order valence-electron chi connectivity index (χ1n) is 7.16. The van der Waals surface area contributed by atoms with Crippen LogP contribution in [0.15, 0.2) is 24.3 Å². The molecule has 2 unspecified atom stereocenters. The number of carbonyl (C=O) groups excluding carboxylic acids is 1. The Bertz CT molecular complexity index is 466. The molecule has 0 aliphatic heterocycles. The molecule has 0 heterocycles. The van der Waals surface area contributed by atoms with Crippen LogP contribution in [0.4, 0.5) is 0 Å². The minimum absolute atomic E-state index is 0.0947. The van der Waals surface area contributed by atoms with Crippen molar-refractivity contribution < 1.29 is 9.90 Å². The van der Waals surface area contributed by atoms with Gasteiger partial charge in [0.15, 0.2) is 0 Å². The first kappa shape index (κ1) is 15.3. The largest absolute Gasteiger partial charge is 0.393 e. The van der Waals surface area contributed by atoms with Crippen LogP contribution in [0.1, 0.15) is 38.7 Å². The standard InChI is InChI=1S/C16H22ClNO2/c1-11(9-12(2)19)10-18-15(20)16(7-8-16)13-3-5-14(17)6-4-13/h3-6,11-12,19H,7-10H2,1-2H3,(H,18,20). The van der Waals surface area contributed by atoms with E-state index in [9.17, 15) is 9.90 Å². The van der Waals surface area contributed by atoms with Crippen molar-refractivity contribution in [1.82, 2.24) is 5.32 Å². The van der Waals surface area contributed by atoms with Crippen LogP contribution in [0.3, 0.4) is 0 Å². The third-order valence-electron chi connectivity index (χ3n) is 3.94. The normalized spacial score (nSPS) is 19.2. The first-order chi connectivity index (χ1) is 9.44. The third-order valence-corrected chi connectivity index (χ3v) is 4.19. The van der Waals surface area contributed by atoms with Crippen LogP contribution in [0.25, 0.3) is 0 Å². The Balaban J connectivity index is 1.93. The number of carbonyl (C=O) groups is 1. The van der Waals surface area contributed by atoms with Crippen LogP contribution < -0.4 is 5.32 Å².